The van der Waals surface area contributed by atoms with E-state index in [9.17, 15) is 9.59 Å². The summed E-state index contributed by atoms with van der Waals surface area (Å²) in [5.74, 6) is -0.325. The third-order valence-electron chi connectivity index (χ3n) is 5.33. The van der Waals surface area contributed by atoms with Crippen molar-refractivity contribution in [1.82, 2.24) is 0 Å². The van der Waals surface area contributed by atoms with E-state index in [0.29, 0.717) is 23.3 Å². The first-order valence-electron chi connectivity index (χ1n) is 10.1. The highest BCUT2D eigenvalue weighted by atomic mass is 127. The second-order valence-corrected chi connectivity index (χ2v) is 9.66. The van der Waals surface area contributed by atoms with E-state index in [4.69, 9.17) is 9.57 Å². The molecule has 32 heavy (non-hydrogen) atoms. The van der Waals surface area contributed by atoms with Crippen molar-refractivity contribution in [1.29, 1.82) is 0 Å². The number of hydrogen-bond acceptors (Lipinski definition) is 5. The maximum atomic E-state index is 12.7. The van der Waals surface area contributed by atoms with E-state index < -0.39 is 5.97 Å². The molecule has 0 fully saturated rings. The first-order chi connectivity index (χ1) is 15.5. The Labute approximate surface area is 213 Å². The Hall–Kier alpha value is -2.27. The van der Waals surface area contributed by atoms with Crippen molar-refractivity contribution >= 4 is 62.8 Å². The second-order valence-electron chi connectivity index (χ2n) is 7.33. The van der Waals surface area contributed by atoms with E-state index in [-0.39, 0.29) is 5.97 Å². The van der Waals surface area contributed by atoms with E-state index in [1.807, 2.05) is 43.3 Å². The van der Waals surface area contributed by atoms with Gasteiger partial charge in [-0.3, -0.25) is 0 Å². The van der Waals surface area contributed by atoms with Gasteiger partial charge in [-0.1, -0.05) is 29.4 Å². The Balaban J connectivity index is 1.57. The average Bonchev–Trinajstić information content (AvgIpc) is 2.80. The number of oxime groups is 1. The largest absolute Gasteiger partial charge is 0.423 e. The zero-order valence-electron chi connectivity index (χ0n) is 17.2. The summed E-state index contributed by atoms with van der Waals surface area (Å²) in [6, 6.07) is 18.2. The van der Waals surface area contributed by atoms with Gasteiger partial charge in [0.2, 0.25) is 0 Å². The number of carbonyl (C=O) groups is 2. The number of benzene rings is 3. The van der Waals surface area contributed by atoms with Crippen LogP contribution in [0.2, 0.25) is 0 Å². The summed E-state index contributed by atoms with van der Waals surface area (Å²) in [4.78, 5) is 30.4. The van der Waals surface area contributed by atoms with Crippen molar-refractivity contribution in [3.8, 4) is 5.75 Å². The molecule has 0 spiro atoms. The number of ether oxygens (including phenoxy) is 1. The predicted octanol–water partition coefficient (Wildman–Crippen LogP) is 6.32. The minimum absolute atomic E-state index is 0.380. The summed E-state index contributed by atoms with van der Waals surface area (Å²) in [6.45, 7) is 1.94. The molecule has 3 aromatic carbocycles. The molecule has 5 nitrogen and oxygen atoms in total. The van der Waals surface area contributed by atoms with Crippen LogP contribution in [0.1, 0.15) is 50.2 Å². The van der Waals surface area contributed by atoms with E-state index in [2.05, 4.69) is 50.3 Å². The third kappa shape index (κ3) is 4.88. The number of halogens is 2. The van der Waals surface area contributed by atoms with Crippen molar-refractivity contribution in [2.24, 2.45) is 5.16 Å². The SMILES string of the molecule is Cc1c(OC(=O)c2ccccc2I)ccc2c1CCCC2=NOC(=O)c1ccccc1I. The Morgan fingerprint density at radius 2 is 1.47 bits per heavy atom. The molecule has 0 bridgehead atoms. The first-order valence-corrected chi connectivity index (χ1v) is 12.2. The fourth-order valence-electron chi connectivity index (χ4n) is 3.65. The minimum atomic E-state index is -0.477. The lowest BCUT2D eigenvalue weighted by atomic mass is 9.87. The number of hydrogen-bond donors (Lipinski definition) is 0. The van der Waals surface area contributed by atoms with Crippen LogP contribution in [0, 0.1) is 14.1 Å². The van der Waals surface area contributed by atoms with Crippen LogP contribution < -0.4 is 4.74 Å². The highest BCUT2D eigenvalue weighted by molar-refractivity contribution is 14.1. The van der Waals surface area contributed by atoms with Crippen LogP contribution in [-0.4, -0.2) is 17.7 Å². The van der Waals surface area contributed by atoms with Crippen LogP contribution in [0.4, 0.5) is 0 Å². The van der Waals surface area contributed by atoms with Gasteiger partial charge in [0.1, 0.15) is 5.75 Å². The highest BCUT2D eigenvalue weighted by Gasteiger charge is 2.22. The molecule has 1 aliphatic carbocycles. The Bertz CT molecular complexity index is 1240. The fraction of sp³-hybridized carbons (Fsp3) is 0.160. The lowest BCUT2D eigenvalue weighted by Gasteiger charge is -2.21. The quantitative estimate of drug-likeness (QED) is 0.109. The van der Waals surface area contributed by atoms with Crippen molar-refractivity contribution in [2.75, 3.05) is 0 Å². The molecule has 0 aromatic heterocycles. The lowest BCUT2D eigenvalue weighted by Crippen LogP contribution is -2.17. The van der Waals surface area contributed by atoms with E-state index in [1.165, 1.54) is 0 Å². The number of esters is 1. The van der Waals surface area contributed by atoms with Gasteiger partial charge in [0, 0.05) is 12.7 Å². The second kappa shape index (κ2) is 10.1. The normalized spacial score (nSPS) is 14.0. The Morgan fingerprint density at radius 3 is 2.12 bits per heavy atom. The molecule has 0 aliphatic heterocycles. The Kier molecular flexibility index (Phi) is 7.24. The van der Waals surface area contributed by atoms with Crippen LogP contribution in [-0.2, 0) is 11.3 Å². The van der Waals surface area contributed by atoms with Gasteiger partial charge < -0.3 is 9.57 Å². The van der Waals surface area contributed by atoms with Gasteiger partial charge in [0.15, 0.2) is 0 Å². The zero-order valence-corrected chi connectivity index (χ0v) is 21.5. The summed E-state index contributed by atoms with van der Waals surface area (Å²) < 4.78 is 7.37. The molecular weight excluding hydrogens is 632 g/mol. The highest BCUT2D eigenvalue weighted by Crippen LogP contribution is 2.32. The maximum Gasteiger partial charge on any atom is 0.366 e. The molecule has 0 atom stereocenters. The molecule has 0 saturated heterocycles. The Morgan fingerprint density at radius 1 is 0.844 bits per heavy atom. The van der Waals surface area contributed by atoms with Crippen molar-refractivity contribution in [3.63, 3.8) is 0 Å². The van der Waals surface area contributed by atoms with Crippen molar-refractivity contribution in [2.45, 2.75) is 26.2 Å². The predicted molar refractivity (Wildman–Crippen MR) is 139 cm³/mol. The molecule has 0 N–H and O–H groups in total. The number of fused-ring (bicyclic) bond motifs is 1. The van der Waals surface area contributed by atoms with Crippen LogP contribution in [0.5, 0.6) is 5.75 Å². The first kappa shape index (κ1) is 22.9. The monoisotopic (exact) mass is 651 g/mol. The van der Waals surface area contributed by atoms with Crippen molar-refractivity contribution in [3.05, 3.63) is 95.6 Å². The number of rotatable bonds is 4. The van der Waals surface area contributed by atoms with E-state index in [0.717, 1.165) is 42.4 Å². The van der Waals surface area contributed by atoms with Gasteiger partial charge in [-0.2, -0.15) is 0 Å². The van der Waals surface area contributed by atoms with Gasteiger partial charge >= 0.3 is 11.9 Å². The maximum absolute atomic E-state index is 12.7. The van der Waals surface area contributed by atoms with Crippen LogP contribution in [0.25, 0.3) is 0 Å². The lowest BCUT2D eigenvalue weighted by molar-refractivity contribution is 0.0513. The molecule has 0 saturated carbocycles. The molecular formula is C25H19I2NO4. The fourth-order valence-corrected chi connectivity index (χ4v) is 4.87. The summed E-state index contributed by atoms with van der Waals surface area (Å²) in [5.41, 5.74) is 4.64. The summed E-state index contributed by atoms with van der Waals surface area (Å²) >= 11 is 4.23. The smallest absolute Gasteiger partial charge is 0.366 e. The average molecular weight is 651 g/mol. The topological polar surface area (TPSA) is 65.0 Å². The molecule has 0 unspecified atom stereocenters. The van der Waals surface area contributed by atoms with Gasteiger partial charge in [0.05, 0.1) is 16.8 Å². The molecule has 7 heteroatoms. The number of nitrogens with zero attached hydrogens (tertiary/aromatic N) is 1. The molecule has 0 heterocycles. The standard InChI is InChI=1S/C25H19I2NO4/c1-15-16-9-6-12-22(28-32-25(30)19-8-3-5-11-21(19)27)17(16)13-14-23(15)31-24(29)18-7-2-4-10-20(18)26/h2-5,7-8,10-11,13-14H,6,9,12H2,1H3. The summed E-state index contributed by atoms with van der Waals surface area (Å²) in [5, 5.41) is 4.19. The summed E-state index contributed by atoms with van der Waals surface area (Å²) in [6.07, 6.45) is 2.44. The zero-order chi connectivity index (χ0) is 22.7. The van der Waals surface area contributed by atoms with Gasteiger partial charge in [-0.05, 0) is 119 Å². The minimum Gasteiger partial charge on any atom is -0.423 e. The van der Waals surface area contributed by atoms with Gasteiger partial charge in [-0.15, -0.1) is 0 Å². The van der Waals surface area contributed by atoms with Gasteiger partial charge in [-0.25, -0.2) is 9.59 Å². The van der Waals surface area contributed by atoms with E-state index in [1.54, 1.807) is 24.3 Å². The van der Waals surface area contributed by atoms with Gasteiger partial charge in [0.25, 0.3) is 0 Å². The molecule has 3 aromatic rings. The third-order valence-corrected chi connectivity index (χ3v) is 7.21. The molecule has 0 radical (unpaired) electrons. The van der Waals surface area contributed by atoms with Crippen LogP contribution >= 0.6 is 45.2 Å². The molecule has 4 rings (SSSR count). The molecule has 162 valence electrons. The number of carbonyl (C=O) groups excluding carboxylic acids is 2. The van der Waals surface area contributed by atoms with E-state index >= 15 is 0 Å². The molecule has 0 amide bonds. The summed E-state index contributed by atoms with van der Waals surface area (Å²) in [7, 11) is 0. The van der Waals surface area contributed by atoms with Crippen LogP contribution in [0.15, 0.2) is 65.8 Å². The molecule has 1 aliphatic rings. The van der Waals surface area contributed by atoms with Crippen LogP contribution in [0.3, 0.4) is 0 Å². The van der Waals surface area contributed by atoms with Crippen molar-refractivity contribution < 1.29 is 19.2 Å².